The Labute approximate surface area is 181 Å². The number of benzene rings is 2. The van der Waals surface area contributed by atoms with Gasteiger partial charge in [0, 0.05) is 0 Å². The van der Waals surface area contributed by atoms with Gasteiger partial charge in [0.1, 0.15) is 50.1 Å². The molecule has 2 aromatic carbocycles. The Bertz CT molecular complexity index is 949. The Morgan fingerprint density at radius 2 is 1.90 bits per heavy atom. The van der Waals surface area contributed by atoms with Gasteiger partial charge in [0.15, 0.2) is 6.54 Å². The fourth-order valence-corrected chi connectivity index (χ4v) is 4.91. The van der Waals surface area contributed by atoms with E-state index in [0.717, 1.165) is 44.0 Å². The third-order valence-corrected chi connectivity index (χ3v) is 6.53. The van der Waals surface area contributed by atoms with E-state index in [1.54, 1.807) is 16.2 Å². The maximum absolute atomic E-state index is 12.2. The van der Waals surface area contributed by atoms with Gasteiger partial charge < -0.3 is 19.9 Å². The first-order valence-corrected chi connectivity index (χ1v) is 11.4. The third-order valence-electron chi connectivity index (χ3n) is 5.50. The van der Waals surface area contributed by atoms with Gasteiger partial charge >= 0.3 is 0 Å². The molecule has 7 heteroatoms. The second-order valence-electron chi connectivity index (χ2n) is 7.94. The molecule has 2 heterocycles. The van der Waals surface area contributed by atoms with Crippen LogP contribution in [0, 0.1) is 6.92 Å². The van der Waals surface area contributed by atoms with Crippen LogP contribution in [0.1, 0.15) is 10.6 Å². The second-order valence-corrected chi connectivity index (χ2v) is 9.06. The third kappa shape index (κ3) is 5.78. The number of aromatic nitrogens is 1. The van der Waals surface area contributed by atoms with E-state index in [2.05, 4.69) is 23.5 Å². The summed E-state index contributed by atoms with van der Waals surface area (Å²) in [5.41, 5.74) is 2.27. The molecular weight excluding hydrogens is 396 g/mol. The lowest BCUT2D eigenvalue weighted by Crippen LogP contribution is -3.28. The van der Waals surface area contributed by atoms with E-state index in [4.69, 9.17) is 9.72 Å². The van der Waals surface area contributed by atoms with Crippen molar-refractivity contribution >= 4 is 27.5 Å². The van der Waals surface area contributed by atoms with E-state index in [-0.39, 0.29) is 5.91 Å². The van der Waals surface area contributed by atoms with Gasteiger partial charge in [-0.25, -0.2) is 4.98 Å². The highest BCUT2D eigenvalue weighted by Crippen LogP contribution is 2.20. The SMILES string of the molecule is Cc1cccc(OCCNC(=O)C[NH+]2CC[NH+](Cc3nc4ccccc4s3)CC2)c1. The first-order chi connectivity index (χ1) is 14.7. The second kappa shape index (κ2) is 10.0. The topological polar surface area (TPSA) is 60.1 Å². The molecule has 3 N–H and O–H groups in total. The molecule has 0 bridgehead atoms. The normalized spacial score (nSPS) is 19.0. The molecule has 3 aromatic rings. The molecule has 1 saturated heterocycles. The summed E-state index contributed by atoms with van der Waals surface area (Å²) in [4.78, 5) is 19.9. The number of nitrogens with zero attached hydrogens (tertiary/aromatic N) is 1. The number of para-hydroxylation sites is 1. The number of hydrogen-bond acceptors (Lipinski definition) is 4. The van der Waals surface area contributed by atoms with E-state index < -0.39 is 0 Å². The molecule has 0 saturated carbocycles. The number of rotatable bonds is 8. The number of carbonyl (C=O) groups excluding carboxylic acids is 1. The standard InChI is InChI=1S/C23H28N4O2S/c1-18-5-4-6-19(15-18)29-14-9-24-22(28)16-26-10-12-27(13-11-26)17-23-25-20-7-2-3-8-21(20)30-23/h2-8,15H,9-14,16-17H2,1H3,(H,24,28)/p+2. The number of amides is 1. The van der Waals surface area contributed by atoms with Crippen molar-refractivity contribution in [3.8, 4) is 5.75 Å². The summed E-state index contributed by atoms with van der Waals surface area (Å²) in [5.74, 6) is 0.953. The van der Waals surface area contributed by atoms with E-state index in [9.17, 15) is 4.79 Å². The highest BCUT2D eigenvalue weighted by atomic mass is 32.1. The zero-order valence-electron chi connectivity index (χ0n) is 17.4. The van der Waals surface area contributed by atoms with Gasteiger partial charge in [-0.3, -0.25) is 4.79 Å². The quantitative estimate of drug-likeness (QED) is 0.447. The average Bonchev–Trinajstić information content (AvgIpc) is 3.15. The molecule has 1 aliphatic heterocycles. The summed E-state index contributed by atoms with van der Waals surface area (Å²) in [7, 11) is 0. The molecule has 0 unspecified atom stereocenters. The highest BCUT2D eigenvalue weighted by molar-refractivity contribution is 7.18. The lowest BCUT2D eigenvalue weighted by molar-refractivity contribution is -1.02. The monoisotopic (exact) mass is 426 g/mol. The number of hydrogen-bond donors (Lipinski definition) is 3. The summed E-state index contributed by atoms with van der Waals surface area (Å²) in [6.45, 7) is 8.79. The Morgan fingerprint density at radius 3 is 2.70 bits per heavy atom. The molecule has 1 amide bonds. The zero-order valence-corrected chi connectivity index (χ0v) is 18.3. The number of ether oxygens (including phenoxy) is 1. The zero-order chi connectivity index (χ0) is 20.8. The van der Waals surface area contributed by atoms with Gasteiger partial charge in [-0.2, -0.15) is 0 Å². The number of carbonyl (C=O) groups is 1. The van der Waals surface area contributed by atoms with Crippen LogP contribution in [0.25, 0.3) is 10.2 Å². The fraction of sp³-hybridized carbons (Fsp3) is 0.391. The molecule has 1 aliphatic rings. The van der Waals surface area contributed by atoms with Crippen molar-refractivity contribution in [1.29, 1.82) is 0 Å². The maximum atomic E-state index is 12.2. The van der Waals surface area contributed by atoms with Crippen molar-refractivity contribution in [2.75, 3.05) is 45.9 Å². The van der Waals surface area contributed by atoms with Crippen LogP contribution in [-0.4, -0.2) is 56.8 Å². The highest BCUT2D eigenvalue weighted by Gasteiger charge is 2.25. The van der Waals surface area contributed by atoms with Crippen LogP contribution in [-0.2, 0) is 11.3 Å². The van der Waals surface area contributed by atoms with Crippen molar-refractivity contribution < 1.29 is 19.3 Å². The maximum Gasteiger partial charge on any atom is 0.275 e. The van der Waals surface area contributed by atoms with Crippen LogP contribution in [0.3, 0.4) is 0 Å². The van der Waals surface area contributed by atoms with Crippen LogP contribution in [0.15, 0.2) is 48.5 Å². The summed E-state index contributed by atoms with van der Waals surface area (Å²) < 4.78 is 6.95. The minimum Gasteiger partial charge on any atom is -0.492 e. The average molecular weight is 427 g/mol. The molecule has 0 atom stereocenters. The van der Waals surface area contributed by atoms with Gasteiger partial charge in [0.05, 0.1) is 16.8 Å². The Morgan fingerprint density at radius 1 is 1.10 bits per heavy atom. The molecule has 6 nitrogen and oxygen atoms in total. The minimum absolute atomic E-state index is 0.104. The molecule has 4 rings (SSSR count). The van der Waals surface area contributed by atoms with Crippen molar-refractivity contribution in [2.45, 2.75) is 13.5 Å². The summed E-state index contributed by atoms with van der Waals surface area (Å²) in [6.07, 6.45) is 0. The Kier molecular flexibility index (Phi) is 6.94. The van der Waals surface area contributed by atoms with E-state index in [1.807, 2.05) is 37.3 Å². The van der Waals surface area contributed by atoms with Crippen LogP contribution < -0.4 is 19.9 Å². The van der Waals surface area contributed by atoms with E-state index >= 15 is 0 Å². The van der Waals surface area contributed by atoms with Crippen molar-refractivity contribution in [3.05, 3.63) is 59.1 Å². The molecule has 0 aliphatic carbocycles. The smallest absolute Gasteiger partial charge is 0.275 e. The first-order valence-electron chi connectivity index (χ1n) is 10.6. The van der Waals surface area contributed by atoms with Crippen molar-refractivity contribution in [2.24, 2.45) is 0 Å². The molecule has 0 spiro atoms. The predicted octanol–water partition coefficient (Wildman–Crippen LogP) is 0.0833. The number of nitrogens with one attached hydrogen (secondary N) is 3. The summed E-state index contributed by atoms with van der Waals surface area (Å²) in [5, 5.41) is 4.19. The molecule has 1 fully saturated rings. The number of fused-ring (bicyclic) bond motifs is 1. The summed E-state index contributed by atoms with van der Waals surface area (Å²) in [6, 6.07) is 16.3. The Hall–Kier alpha value is -2.48. The van der Waals surface area contributed by atoms with Gasteiger partial charge in [0.25, 0.3) is 5.91 Å². The fourth-order valence-electron chi connectivity index (χ4n) is 3.87. The largest absolute Gasteiger partial charge is 0.492 e. The van der Waals surface area contributed by atoms with Gasteiger partial charge in [-0.15, -0.1) is 11.3 Å². The lowest BCUT2D eigenvalue weighted by Gasteiger charge is -2.28. The molecule has 0 radical (unpaired) electrons. The van der Waals surface area contributed by atoms with Crippen LogP contribution in [0.5, 0.6) is 5.75 Å². The van der Waals surface area contributed by atoms with Crippen LogP contribution >= 0.6 is 11.3 Å². The molecular formula is C23H30N4O2S+2. The first kappa shape index (κ1) is 20.8. The van der Waals surface area contributed by atoms with Crippen molar-refractivity contribution in [1.82, 2.24) is 10.3 Å². The predicted molar refractivity (Wildman–Crippen MR) is 119 cm³/mol. The molecule has 1 aromatic heterocycles. The van der Waals surface area contributed by atoms with Gasteiger partial charge in [-0.1, -0.05) is 24.3 Å². The van der Waals surface area contributed by atoms with Crippen molar-refractivity contribution in [3.63, 3.8) is 0 Å². The number of piperazine rings is 1. The minimum atomic E-state index is 0.104. The molecule has 30 heavy (non-hydrogen) atoms. The number of aryl methyl sites for hydroxylation is 1. The lowest BCUT2D eigenvalue weighted by atomic mass is 10.2. The number of thiazole rings is 1. The van der Waals surface area contributed by atoms with E-state index in [0.29, 0.717) is 19.7 Å². The molecule has 158 valence electrons. The summed E-state index contributed by atoms with van der Waals surface area (Å²) >= 11 is 1.80. The van der Waals surface area contributed by atoms with Gasteiger partial charge in [0.2, 0.25) is 0 Å². The van der Waals surface area contributed by atoms with Crippen LogP contribution in [0.4, 0.5) is 0 Å². The Balaban J connectivity index is 1.13. The number of quaternary nitrogens is 2. The van der Waals surface area contributed by atoms with Gasteiger partial charge in [-0.05, 0) is 36.8 Å². The van der Waals surface area contributed by atoms with Crippen LogP contribution in [0.2, 0.25) is 0 Å². The van der Waals surface area contributed by atoms with E-state index in [1.165, 1.54) is 20.2 Å².